The summed E-state index contributed by atoms with van der Waals surface area (Å²) in [6, 6.07) is 6.39. The van der Waals surface area contributed by atoms with Gasteiger partial charge in [-0.3, -0.25) is 9.69 Å². The van der Waals surface area contributed by atoms with Gasteiger partial charge in [-0.25, -0.2) is 0 Å². The second-order valence-electron chi connectivity index (χ2n) is 7.23. The van der Waals surface area contributed by atoms with Crippen LogP contribution in [0.2, 0.25) is 0 Å². The lowest BCUT2D eigenvalue weighted by molar-refractivity contribution is -0.122. The van der Waals surface area contributed by atoms with Gasteiger partial charge in [0.05, 0.1) is 6.04 Å². The van der Waals surface area contributed by atoms with Gasteiger partial charge < -0.3 is 10.2 Å². The molecule has 4 nitrogen and oxygen atoms in total. The maximum Gasteiger partial charge on any atom is 0.241 e. The molecule has 2 fully saturated rings. The van der Waals surface area contributed by atoms with Crippen LogP contribution in [-0.4, -0.2) is 43.0 Å². The Labute approximate surface area is 146 Å². The molecule has 0 saturated carbocycles. The van der Waals surface area contributed by atoms with Crippen molar-refractivity contribution < 1.29 is 4.79 Å². The van der Waals surface area contributed by atoms with Gasteiger partial charge in [0.15, 0.2) is 0 Å². The summed E-state index contributed by atoms with van der Waals surface area (Å²) in [6.07, 6.45) is 7.03. The summed E-state index contributed by atoms with van der Waals surface area (Å²) < 4.78 is 0. The number of nitrogens with zero attached hydrogens (tertiary/aromatic N) is 2. The van der Waals surface area contributed by atoms with Gasteiger partial charge in [-0.2, -0.15) is 0 Å². The van der Waals surface area contributed by atoms with Gasteiger partial charge in [0.1, 0.15) is 0 Å². The zero-order valence-electron chi connectivity index (χ0n) is 15.2. The molecule has 24 heavy (non-hydrogen) atoms. The van der Waals surface area contributed by atoms with Crippen LogP contribution in [0.25, 0.3) is 0 Å². The molecule has 1 N–H and O–H groups in total. The second-order valence-corrected chi connectivity index (χ2v) is 7.23. The third kappa shape index (κ3) is 3.92. The van der Waals surface area contributed by atoms with E-state index in [4.69, 9.17) is 0 Å². The molecule has 2 heterocycles. The highest BCUT2D eigenvalue weighted by atomic mass is 16.2. The first-order chi connectivity index (χ1) is 11.7. The SMILES string of the molecule is CCCN1CCCCC1C(=O)Nc1ccc(N2CCCC2)c(C)c1. The average molecular weight is 329 g/mol. The van der Waals surface area contributed by atoms with E-state index in [1.807, 2.05) is 0 Å². The number of carbonyl (C=O) groups is 1. The summed E-state index contributed by atoms with van der Waals surface area (Å²) >= 11 is 0. The Morgan fingerprint density at radius 3 is 2.62 bits per heavy atom. The van der Waals surface area contributed by atoms with E-state index in [2.05, 4.69) is 47.2 Å². The van der Waals surface area contributed by atoms with Gasteiger partial charge in [-0.15, -0.1) is 0 Å². The maximum atomic E-state index is 12.7. The first-order valence-electron chi connectivity index (χ1n) is 9.59. The minimum atomic E-state index is 0.0391. The largest absolute Gasteiger partial charge is 0.371 e. The van der Waals surface area contributed by atoms with E-state index in [1.54, 1.807) is 0 Å². The Morgan fingerprint density at radius 1 is 1.17 bits per heavy atom. The lowest BCUT2D eigenvalue weighted by Crippen LogP contribution is -2.47. The van der Waals surface area contributed by atoms with Gasteiger partial charge in [-0.1, -0.05) is 13.3 Å². The van der Waals surface area contributed by atoms with E-state index in [0.717, 1.165) is 51.1 Å². The number of rotatable bonds is 5. The van der Waals surface area contributed by atoms with Crippen molar-refractivity contribution in [3.8, 4) is 0 Å². The fourth-order valence-corrected chi connectivity index (χ4v) is 4.11. The summed E-state index contributed by atoms with van der Waals surface area (Å²) in [7, 11) is 0. The zero-order valence-corrected chi connectivity index (χ0v) is 15.2. The molecule has 2 aliphatic rings. The molecule has 0 radical (unpaired) electrons. The van der Waals surface area contributed by atoms with Gasteiger partial charge in [-0.05, 0) is 75.9 Å². The van der Waals surface area contributed by atoms with E-state index in [-0.39, 0.29) is 11.9 Å². The van der Waals surface area contributed by atoms with Crippen molar-refractivity contribution >= 4 is 17.3 Å². The molecule has 0 aromatic heterocycles. The lowest BCUT2D eigenvalue weighted by Gasteiger charge is -2.34. The summed E-state index contributed by atoms with van der Waals surface area (Å²) in [4.78, 5) is 17.5. The fourth-order valence-electron chi connectivity index (χ4n) is 4.11. The molecule has 0 bridgehead atoms. The molecule has 2 aliphatic heterocycles. The number of hydrogen-bond donors (Lipinski definition) is 1. The van der Waals surface area contributed by atoms with Crippen LogP contribution in [0.3, 0.4) is 0 Å². The van der Waals surface area contributed by atoms with Crippen molar-refractivity contribution in [3.63, 3.8) is 0 Å². The molecule has 0 aliphatic carbocycles. The molecular formula is C20H31N3O. The topological polar surface area (TPSA) is 35.6 Å². The van der Waals surface area contributed by atoms with Crippen LogP contribution in [0.15, 0.2) is 18.2 Å². The number of anilines is 2. The number of likely N-dealkylation sites (tertiary alicyclic amines) is 1. The average Bonchev–Trinajstić information content (AvgIpc) is 3.10. The maximum absolute atomic E-state index is 12.7. The smallest absolute Gasteiger partial charge is 0.241 e. The molecule has 4 heteroatoms. The quantitative estimate of drug-likeness (QED) is 0.892. The van der Waals surface area contributed by atoms with Crippen molar-refractivity contribution in [2.45, 2.75) is 58.4 Å². The molecule has 1 amide bonds. The summed E-state index contributed by atoms with van der Waals surface area (Å²) in [5, 5.41) is 3.16. The molecule has 1 atom stereocenters. The van der Waals surface area contributed by atoms with Gasteiger partial charge in [0.2, 0.25) is 5.91 Å². The normalized spacial score (nSPS) is 21.9. The van der Waals surface area contributed by atoms with E-state index in [0.29, 0.717) is 0 Å². The number of carbonyl (C=O) groups excluding carboxylic acids is 1. The molecule has 0 spiro atoms. The van der Waals surface area contributed by atoms with E-state index >= 15 is 0 Å². The van der Waals surface area contributed by atoms with Crippen LogP contribution < -0.4 is 10.2 Å². The number of piperidine rings is 1. The van der Waals surface area contributed by atoms with Crippen molar-refractivity contribution in [1.82, 2.24) is 4.90 Å². The standard InChI is InChI=1S/C20H31N3O/c1-3-11-22-12-5-4-8-19(22)20(24)21-17-9-10-18(16(2)15-17)23-13-6-7-14-23/h9-10,15,19H,3-8,11-14H2,1-2H3,(H,21,24). The monoisotopic (exact) mass is 329 g/mol. The van der Waals surface area contributed by atoms with Crippen LogP contribution in [0, 0.1) is 6.92 Å². The molecule has 1 aromatic carbocycles. The number of nitrogens with one attached hydrogen (secondary N) is 1. The summed E-state index contributed by atoms with van der Waals surface area (Å²) in [5.74, 6) is 0.163. The Balaban J connectivity index is 1.66. The van der Waals surface area contributed by atoms with Crippen molar-refractivity contribution in [3.05, 3.63) is 23.8 Å². The number of hydrogen-bond acceptors (Lipinski definition) is 3. The van der Waals surface area contributed by atoms with Gasteiger partial charge in [0.25, 0.3) is 0 Å². The van der Waals surface area contributed by atoms with Crippen molar-refractivity contribution in [2.75, 3.05) is 36.4 Å². The summed E-state index contributed by atoms with van der Waals surface area (Å²) in [5.41, 5.74) is 3.50. The molecule has 2 saturated heterocycles. The molecular weight excluding hydrogens is 298 g/mol. The van der Waals surface area contributed by atoms with Crippen LogP contribution in [0.4, 0.5) is 11.4 Å². The Morgan fingerprint density at radius 2 is 1.92 bits per heavy atom. The first-order valence-corrected chi connectivity index (χ1v) is 9.59. The predicted octanol–water partition coefficient (Wildman–Crippen LogP) is 3.80. The number of amides is 1. The van der Waals surface area contributed by atoms with Crippen LogP contribution >= 0.6 is 0 Å². The van der Waals surface area contributed by atoms with Crippen LogP contribution in [0.5, 0.6) is 0 Å². The van der Waals surface area contributed by atoms with Crippen LogP contribution in [-0.2, 0) is 4.79 Å². The highest BCUT2D eigenvalue weighted by Gasteiger charge is 2.28. The van der Waals surface area contributed by atoms with Crippen molar-refractivity contribution in [2.24, 2.45) is 0 Å². The molecule has 132 valence electrons. The molecule has 1 unspecified atom stereocenters. The lowest BCUT2D eigenvalue weighted by atomic mass is 10.0. The first kappa shape index (κ1) is 17.3. The van der Waals surface area contributed by atoms with Crippen molar-refractivity contribution in [1.29, 1.82) is 0 Å². The third-order valence-corrected chi connectivity index (χ3v) is 5.34. The Hall–Kier alpha value is -1.55. The van der Waals surface area contributed by atoms with Gasteiger partial charge >= 0.3 is 0 Å². The zero-order chi connectivity index (χ0) is 16.9. The Bertz CT molecular complexity index is 564. The van der Waals surface area contributed by atoms with Gasteiger partial charge in [0, 0.05) is 24.5 Å². The summed E-state index contributed by atoms with van der Waals surface area (Å²) in [6.45, 7) is 8.71. The highest BCUT2D eigenvalue weighted by Crippen LogP contribution is 2.27. The number of aryl methyl sites for hydroxylation is 1. The van der Waals surface area contributed by atoms with Crippen LogP contribution in [0.1, 0.15) is 51.0 Å². The van der Waals surface area contributed by atoms with E-state index < -0.39 is 0 Å². The predicted molar refractivity (Wildman–Crippen MR) is 101 cm³/mol. The minimum absolute atomic E-state index is 0.0391. The minimum Gasteiger partial charge on any atom is -0.371 e. The fraction of sp³-hybridized carbons (Fsp3) is 0.650. The Kier molecular flexibility index (Phi) is 5.77. The molecule has 1 aromatic rings. The number of benzene rings is 1. The second kappa shape index (κ2) is 8.02. The van der Waals surface area contributed by atoms with E-state index in [1.165, 1.54) is 30.5 Å². The van der Waals surface area contributed by atoms with E-state index in [9.17, 15) is 4.79 Å². The third-order valence-electron chi connectivity index (χ3n) is 5.34. The highest BCUT2D eigenvalue weighted by molar-refractivity contribution is 5.95. The molecule has 3 rings (SSSR count).